The van der Waals surface area contributed by atoms with Crippen molar-refractivity contribution in [2.75, 3.05) is 6.61 Å². The molecule has 0 fully saturated rings. The Bertz CT molecular complexity index is 613. The summed E-state index contributed by atoms with van der Waals surface area (Å²) in [7, 11) is 0. The van der Waals surface area contributed by atoms with Crippen LogP contribution in [0.1, 0.15) is 162 Å². The van der Waals surface area contributed by atoms with Gasteiger partial charge in [0.15, 0.2) is 0 Å². The number of benzene rings is 1. The van der Waals surface area contributed by atoms with Crippen molar-refractivity contribution in [3.05, 3.63) is 23.3 Å². The molecule has 0 aliphatic carbocycles. The average Bonchev–Trinajstić information content (AvgIpc) is 2.75. The number of rotatable bonds is 18. The van der Waals surface area contributed by atoms with E-state index in [1.54, 1.807) is 0 Å². The van der Waals surface area contributed by atoms with Gasteiger partial charge in [0.2, 0.25) is 0 Å². The van der Waals surface area contributed by atoms with Gasteiger partial charge in [-0.15, -0.1) is 0 Å². The second kappa shape index (κ2) is 16.5. The molecule has 0 atom stereocenters. The molecule has 0 radical (unpaired) electrons. The van der Waals surface area contributed by atoms with Gasteiger partial charge >= 0.3 is 0 Å². The van der Waals surface area contributed by atoms with Crippen molar-refractivity contribution in [2.24, 2.45) is 0 Å². The summed E-state index contributed by atoms with van der Waals surface area (Å²) in [5, 5.41) is 10.8. The Balaban J connectivity index is 2.15. The molecule has 0 saturated carbocycles. The van der Waals surface area contributed by atoms with Crippen LogP contribution < -0.4 is 4.74 Å². The Morgan fingerprint density at radius 3 is 1.21 bits per heavy atom. The molecular weight excluding hydrogens is 416 g/mol. The van der Waals surface area contributed by atoms with E-state index >= 15 is 0 Å². The fraction of sp³-hybridized carbons (Fsp3) is 0.812. The third-order valence-electron chi connectivity index (χ3n) is 6.97. The third-order valence-corrected chi connectivity index (χ3v) is 6.97. The minimum absolute atomic E-state index is 0.113. The van der Waals surface area contributed by atoms with E-state index in [1.807, 2.05) is 12.1 Å². The second-order valence-electron chi connectivity index (χ2n) is 12.5. The van der Waals surface area contributed by atoms with Gasteiger partial charge in [0.25, 0.3) is 0 Å². The summed E-state index contributed by atoms with van der Waals surface area (Å²) in [6.07, 6.45) is 22.1. The van der Waals surface area contributed by atoms with Gasteiger partial charge in [-0.1, -0.05) is 145 Å². The first-order valence-electron chi connectivity index (χ1n) is 14.6. The number of ether oxygens (including phenoxy) is 1. The highest BCUT2D eigenvalue weighted by atomic mass is 16.5. The van der Waals surface area contributed by atoms with Gasteiger partial charge in [-0.3, -0.25) is 0 Å². The lowest BCUT2D eigenvalue weighted by molar-refractivity contribution is 0.301. The molecule has 0 aromatic heterocycles. The first-order chi connectivity index (χ1) is 16.1. The quantitative estimate of drug-likeness (QED) is 0.214. The molecule has 0 amide bonds. The summed E-state index contributed by atoms with van der Waals surface area (Å²) in [6.45, 7) is 15.9. The SMILES string of the molecule is CCCCCCCCCCCCCCCCCCOc1cc(C(C)(C)C)c(O)c(C(C)(C)C)c1. The van der Waals surface area contributed by atoms with E-state index < -0.39 is 0 Å². The zero-order chi connectivity index (χ0) is 25.5. The van der Waals surface area contributed by atoms with Crippen LogP contribution in [0.25, 0.3) is 0 Å². The molecule has 2 heteroatoms. The lowest BCUT2D eigenvalue weighted by Gasteiger charge is -2.28. The number of aromatic hydroxyl groups is 1. The molecule has 0 aliphatic heterocycles. The summed E-state index contributed by atoms with van der Waals surface area (Å²) in [6, 6.07) is 4.08. The molecule has 0 saturated heterocycles. The first-order valence-corrected chi connectivity index (χ1v) is 14.6. The molecule has 0 aliphatic rings. The van der Waals surface area contributed by atoms with Gasteiger partial charge < -0.3 is 9.84 Å². The highest BCUT2D eigenvalue weighted by molar-refractivity contribution is 5.51. The Morgan fingerprint density at radius 1 is 0.559 bits per heavy atom. The van der Waals surface area contributed by atoms with Crippen molar-refractivity contribution in [1.29, 1.82) is 0 Å². The van der Waals surface area contributed by atoms with Gasteiger partial charge in [0.1, 0.15) is 11.5 Å². The molecule has 0 heterocycles. The van der Waals surface area contributed by atoms with Crippen LogP contribution in [0.4, 0.5) is 0 Å². The van der Waals surface area contributed by atoms with Crippen molar-refractivity contribution < 1.29 is 9.84 Å². The van der Waals surface area contributed by atoms with Crippen molar-refractivity contribution >= 4 is 0 Å². The average molecular weight is 475 g/mol. The van der Waals surface area contributed by atoms with E-state index in [-0.39, 0.29) is 10.8 Å². The summed E-state index contributed by atoms with van der Waals surface area (Å²) in [5.74, 6) is 1.32. The molecule has 1 N–H and O–H groups in total. The van der Waals surface area contributed by atoms with Crippen LogP contribution in [0, 0.1) is 0 Å². The lowest BCUT2D eigenvalue weighted by atomic mass is 9.79. The van der Waals surface area contributed by atoms with Crippen LogP contribution in [0.15, 0.2) is 12.1 Å². The van der Waals surface area contributed by atoms with E-state index in [0.717, 1.165) is 29.9 Å². The fourth-order valence-electron chi connectivity index (χ4n) is 4.67. The Morgan fingerprint density at radius 2 is 0.882 bits per heavy atom. The number of phenolic OH excluding ortho intramolecular Hbond substituents is 1. The van der Waals surface area contributed by atoms with Gasteiger partial charge in [-0.25, -0.2) is 0 Å². The summed E-state index contributed by atoms with van der Waals surface area (Å²) >= 11 is 0. The van der Waals surface area contributed by atoms with Crippen molar-refractivity contribution in [2.45, 2.75) is 162 Å². The number of hydrogen-bond acceptors (Lipinski definition) is 2. The summed E-state index contributed by atoms with van der Waals surface area (Å²) in [4.78, 5) is 0. The Hall–Kier alpha value is -1.18. The number of phenols is 1. The molecule has 0 bridgehead atoms. The minimum atomic E-state index is -0.113. The van der Waals surface area contributed by atoms with E-state index in [2.05, 4.69) is 48.5 Å². The van der Waals surface area contributed by atoms with Crippen LogP contribution in [-0.2, 0) is 10.8 Å². The molecule has 0 unspecified atom stereocenters. The predicted molar refractivity (Wildman–Crippen MR) is 151 cm³/mol. The molecule has 34 heavy (non-hydrogen) atoms. The molecule has 198 valence electrons. The van der Waals surface area contributed by atoms with Crippen LogP contribution in [0.2, 0.25) is 0 Å². The molecule has 1 aromatic rings. The monoisotopic (exact) mass is 474 g/mol. The number of unbranched alkanes of at least 4 members (excludes halogenated alkanes) is 15. The molecule has 0 spiro atoms. The van der Waals surface area contributed by atoms with Crippen LogP contribution in [0.3, 0.4) is 0 Å². The van der Waals surface area contributed by atoms with E-state index in [9.17, 15) is 5.11 Å². The van der Waals surface area contributed by atoms with E-state index in [1.165, 1.54) is 96.3 Å². The maximum atomic E-state index is 10.8. The fourth-order valence-corrected chi connectivity index (χ4v) is 4.67. The van der Waals surface area contributed by atoms with Crippen molar-refractivity contribution in [3.63, 3.8) is 0 Å². The van der Waals surface area contributed by atoms with Crippen LogP contribution in [-0.4, -0.2) is 11.7 Å². The lowest BCUT2D eigenvalue weighted by Crippen LogP contribution is -2.17. The van der Waals surface area contributed by atoms with E-state index in [0.29, 0.717) is 5.75 Å². The Labute approximate surface area is 213 Å². The first kappa shape index (κ1) is 30.9. The van der Waals surface area contributed by atoms with Crippen molar-refractivity contribution in [1.82, 2.24) is 0 Å². The highest BCUT2D eigenvalue weighted by Crippen LogP contribution is 2.41. The third kappa shape index (κ3) is 13.1. The molecular formula is C32H58O2. The van der Waals surface area contributed by atoms with Gasteiger partial charge in [0, 0.05) is 11.1 Å². The molecule has 1 aromatic carbocycles. The maximum absolute atomic E-state index is 10.8. The van der Waals surface area contributed by atoms with Gasteiger partial charge in [-0.2, -0.15) is 0 Å². The predicted octanol–water partition coefficient (Wildman–Crippen LogP) is 10.6. The zero-order valence-electron chi connectivity index (χ0n) is 24.0. The largest absolute Gasteiger partial charge is 0.507 e. The summed E-state index contributed by atoms with van der Waals surface area (Å²) in [5.41, 5.74) is 1.72. The second-order valence-corrected chi connectivity index (χ2v) is 12.5. The smallest absolute Gasteiger partial charge is 0.123 e. The topological polar surface area (TPSA) is 29.5 Å². The Kier molecular flexibility index (Phi) is 15.0. The normalized spacial score (nSPS) is 12.3. The van der Waals surface area contributed by atoms with Crippen LogP contribution >= 0.6 is 0 Å². The van der Waals surface area contributed by atoms with Crippen molar-refractivity contribution in [3.8, 4) is 11.5 Å². The molecule has 1 rings (SSSR count). The highest BCUT2D eigenvalue weighted by Gasteiger charge is 2.26. The van der Waals surface area contributed by atoms with Gasteiger partial charge in [-0.05, 0) is 29.4 Å². The molecule has 2 nitrogen and oxygen atoms in total. The minimum Gasteiger partial charge on any atom is -0.507 e. The zero-order valence-corrected chi connectivity index (χ0v) is 24.0. The van der Waals surface area contributed by atoms with Crippen LogP contribution in [0.5, 0.6) is 11.5 Å². The van der Waals surface area contributed by atoms with E-state index in [4.69, 9.17) is 4.74 Å². The standard InChI is InChI=1S/C32H58O2/c1-8-9-10-11-12-13-14-15-16-17-18-19-20-21-22-23-24-34-27-25-28(31(2,3)4)30(33)29(26-27)32(5,6)7/h25-26,33H,8-24H2,1-7H3. The maximum Gasteiger partial charge on any atom is 0.123 e. The number of hydrogen-bond donors (Lipinski definition) is 1. The summed E-state index contributed by atoms with van der Waals surface area (Å²) < 4.78 is 6.14. The van der Waals surface area contributed by atoms with Gasteiger partial charge in [0.05, 0.1) is 6.61 Å².